The average Bonchev–Trinajstić information content (AvgIpc) is 2.96. The quantitative estimate of drug-likeness (QED) is 0.905. The van der Waals surface area contributed by atoms with E-state index in [0.29, 0.717) is 0 Å². The summed E-state index contributed by atoms with van der Waals surface area (Å²) < 4.78 is 0. The third kappa shape index (κ3) is 3.28. The molecule has 92 valence electrons. The van der Waals surface area contributed by atoms with Gasteiger partial charge in [-0.25, -0.2) is 4.98 Å². The van der Waals surface area contributed by atoms with Crippen molar-refractivity contribution in [1.82, 2.24) is 4.98 Å². The predicted octanol–water partition coefficient (Wildman–Crippen LogP) is 2.94. The zero-order chi connectivity index (χ0) is 12.3. The second-order valence-corrected chi connectivity index (χ2v) is 6.05. The third-order valence-electron chi connectivity index (χ3n) is 2.52. The number of nitrogens with zero attached hydrogens (tertiary/aromatic N) is 2. The summed E-state index contributed by atoms with van der Waals surface area (Å²) in [6.07, 6.45) is 2.37. The lowest BCUT2D eigenvalue weighted by atomic mass is 10.3. The van der Waals surface area contributed by atoms with E-state index in [1.807, 2.05) is 7.05 Å². The van der Waals surface area contributed by atoms with E-state index in [4.69, 9.17) is 0 Å². The first-order valence-corrected chi connectivity index (χ1v) is 7.23. The lowest BCUT2D eigenvalue weighted by Gasteiger charge is -2.14. The maximum atomic E-state index is 9.45. The van der Waals surface area contributed by atoms with Gasteiger partial charge in [0.1, 0.15) is 0 Å². The fourth-order valence-electron chi connectivity index (χ4n) is 1.47. The van der Waals surface area contributed by atoms with Gasteiger partial charge in [0, 0.05) is 24.7 Å². The van der Waals surface area contributed by atoms with Crippen molar-refractivity contribution in [2.75, 3.05) is 18.5 Å². The molecule has 17 heavy (non-hydrogen) atoms. The number of aliphatic hydroxyl groups is 1. The van der Waals surface area contributed by atoms with Crippen molar-refractivity contribution in [3.63, 3.8) is 0 Å². The monoisotopic (exact) mass is 268 g/mol. The molecule has 5 heteroatoms. The molecule has 1 atom stereocenters. The molecule has 3 nitrogen and oxygen atoms in total. The van der Waals surface area contributed by atoms with Crippen molar-refractivity contribution in [2.24, 2.45) is 0 Å². The summed E-state index contributed by atoms with van der Waals surface area (Å²) in [4.78, 5) is 8.77. The Morgan fingerprint density at radius 2 is 2.35 bits per heavy atom. The SMILES string of the molecule is CC(O)c1cnc(N(C)CCc2cccs2)s1. The number of rotatable bonds is 5. The second kappa shape index (κ2) is 5.62. The number of anilines is 1. The van der Waals surface area contributed by atoms with Gasteiger partial charge in [0.05, 0.1) is 11.0 Å². The van der Waals surface area contributed by atoms with Crippen LogP contribution in [0.1, 0.15) is 22.8 Å². The largest absolute Gasteiger partial charge is 0.388 e. The smallest absolute Gasteiger partial charge is 0.185 e. The van der Waals surface area contributed by atoms with Crippen LogP contribution in [0.4, 0.5) is 5.13 Å². The van der Waals surface area contributed by atoms with Crippen LogP contribution in [0.5, 0.6) is 0 Å². The molecule has 2 aromatic heterocycles. The highest BCUT2D eigenvalue weighted by Crippen LogP contribution is 2.26. The van der Waals surface area contributed by atoms with Gasteiger partial charge in [0.2, 0.25) is 0 Å². The predicted molar refractivity (Wildman–Crippen MR) is 74.0 cm³/mol. The Hall–Kier alpha value is -0.910. The molecule has 0 saturated heterocycles. The van der Waals surface area contributed by atoms with Gasteiger partial charge >= 0.3 is 0 Å². The van der Waals surface area contributed by atoms with E-state index in [-0.39, 0.29) is 0 Å². The highest BCUT2D eigenvalue weighted by molar-refractivity contribution is 7.15. The number of hydrogen-bond acceptors (Lipinski definition) is 5. The number of thiazole rings is 1. The molecule has 0 fully saturated rings. The number of thiophene rings is 1. The fraction of sp³-hybridized carbons (Fsp3) is 0.417. The molecule has 0 spiro atoms. The Balaban J connectivity index is 1.92. The van der Waals surface area contributed by atoms with Crippen molar-refractivity contribution >= 4 is 27.8 Å². The summed E-state index contributed by atoms with van der Waals surface area (Å²) in [5.74, 6) is 0. The summed E-state index contributed by atoms with van der Waals surface area (Å²) >= 11 is 3.34. The molecular weight excluding hydrogens is 252 g/mol. The first-order chi connectivity index (χ1) is 8.16. The lowest BCUT2D eigenvalue weighted by molar-refractivity contribution is 0.203. The molecule has 1 unspecified atom stereocenters. The van der Waals surface area contributed by atoms with Gasteiger partial charge in [0.25, 0.3) is 0 Å². The van der Waals surface area contributed by atoms with Gasteiger partial charge in [-0.2, -0.15) is 0 Å². The third-order valence-corrected chi connectivity index (χ3v) is 4.74. The fourth-order valence-corrected chi connectivity index (χ4v) is 3.01. The van der Waals surface area contributed by atoms with Gasteiger partial charge in [-0.1, -0.05) is 17.4 Å². The van der Waals surface area contributed by atoms with E-state index in [0.717, 1.165) is 23.0 Å². The van der Waals surface area contributed by atoms with Crippen molar-refractivity contribution in [3.8, 4) is 0 Å². The molecule has 2 rings (SSSR count). The topological polar surface area (TPSA) is 36.4 Å². The molecule has 0 saturated carbocycles. The Morgan fingerprint density at radius 1 is 1.53 bits per heavy atom. The van der Waals surface area contributed by atoms with Crippen LogP contribution in [0, 0.1) is 0 Å². The van der Waals surface area contributed by atoms with Crippen molar-refractivity contribution in [2.45, 2.75) is 19.4 Å². The molecule has 0 aliphatic rings. The number of hydrogen-bond donors (Lipinski definition) is 1. The minimum Gasteiger partial charge on any atom is -0.388 e. The maximum absolute atomic E-state index is 9.45. The average molecular weight is 268 g/mol. The van der Waals surface area contributed by atoms with Crippen molar-refractivity contribution in [3.05, 3.63) is 33.5 Å². The zero-order valence-corrected chi connectivity index (χ0v) is 11.6. The van der Waals surface area contributed by atoms with Crippen LogP contribution in [0.25, 0.3) is 0 Å². The van der Waals surface area contributed by atoms with Crippen LogP contribution in [-0.4, -0.2) is 23.7 Å². The van der Waals surface area contributed by atoms with E-state index < -0.39 is 6.10 Å². The summed E-state index contributed by atoms with van der Waals surface area (Å²) in [5, 5.41) is 12.5. The minimum absolute atomic E-state index is 0.424. The highest BCUT2D eigenvalue weighted by Gasteiger charge is 2.10. The van der Waals surface area contributed by atoms with Crippen LogP contribution in [0.15, 0.2) is 23.7 Å². The van der Waals surface area contributed by atoms with E-state index in [1.165, 1.54) is 4.88 Å². The first kappa shape index (κ1) is 12.5. The summed E-state index contributed by atoms with van der Waals surface area (Å²) in [6, 6.07) is 4.23. The van der Waals surface area contributed by atoms with Crippen LogP contribution in [0.2, 0.25) is 0 Å². The Bertz CT molecular complexity index is 451. The summed E-state index contributed by atoms with van der Waals surface area (Å²) in [6.45, 7) is 2.72. The Morgan fingerprint density at radius 3 is 2.94 bits per heavy atom. The molecule has 0 aliphatic heterocycles. The number of aromatic nitrogens is 1. The maximum Gasteiger partial charge on any atom is 0.185 e. The molecule has 2 aromatic rings. The normalized spacial score (nSPS) is 12.6. The number of aliphatic hydroxyl groups excluding tert-OH is 1. The van der Waals surface area contributed by atoms with Crippen molar-refractivity contribution < 1.29 is 5.11 Å². The molecule has 0 aliphatic carbocycles. The van der Waals surface area contributed by atoms with E-state index >= 15 is 0 Å². The molecular formula is C12H16N2OS2. The van der Waals surface area contributed by atoms with E-state index in [9.17, 15) is 5.11 Å². The van der Waals surface area contributed by atoms with Gasteiger partial charge in [-0.15, -0.1) is 11.3 Å². The molecule has 0 aromatic carbocycles. The molecule has 0 bridgehead atoms. The highest BCUT2D eigenvalue weighted by atomic mass is 32.1. The standard InChI is InChI=1S/C12H16N2OS2/c1-9(15)11-8-13-12(17-11)14(2)6-5-10-4-3-7-16-10/h3-4,7-9,15H,5-6H2,1-2H3. The van der Waals surface area contributed by atoms with Crippen LogP contribution >= 0.6 is 22.7 Å². The second-order valence-electron chi connectivity index (χ2n) is 3.97. The molecule has 1 N–H and O–H groups in total. The summed E-state index contributed by atoms with van der Waals surface area (Å²) in [5.41, 5.74) is 0. The Kier molecular flexibility index (Phi) is 4.15. The van der Waals surface area contributed by atoms with Gasteiger partial charge in [-0.3, -0.25) is 0 Å². The minimum atomic E-state index is -0.424. The zero-order valence-electron chi connectivity index (χ0n) is 9.96. The van der Waals surface area contributed by atoms with Gasteiger partial charge in [-0.05, 0) is 24.8 Å². The molecule has 0 radical (unpaired) electrons. The van der Waals surface area contributed by atoms with Gasteiger partial charge < -0.3 is 10.0 Å². The first-order valence-electron chi connectivity index (χ1n) is 5.54. The summed E-state index contributed by atoms with van der Waals surface area (Å²) in [7, 11) is 2.04. The Labute approximate surface area is 109 Å². The number of likely N-dealkylation sites (N-methyl/N-ethyl adjacent to an activating group) is 1. The molecule has 0 amide bonds. The lowest BCUT2D eigenvalue weighted by Crippen LogP contribution is -2.19. The van der Waals surface area contributed by atoms with E-state index in [2.05, 4.69) is 27.4 Å². The van der Waals surface area contributed by atoms with E-state index in [1.54, 1.807) is 35.8 Å². The molecule has 2 heterocycles. The van der Waals surface area contributed by atoms with Crippen LogP contribution < -0.4 is 4.90 Å². The van der Waals surface area contributed by atoms with Crippen molar-refractivity contribution in [1.29, 1.82) is 0 Å². The van der Waals surface area contributed by atoms with Crippen LogP contribution in [-0.2, 0) is 6.42 Å². The van der Waals surface area contributed by atoms with Gasteiger partial charge in [0.15, 0.2) is 5.13 Å². The van der Waals surface area contributed by atoms with Crippen LogP contribution in [0.3, 0.4) is 0 Å².